The number of carbonyl (C=O) groups is 1. The number of aromatic nitrogens is 1. The molecule has 1 amide bonds. The Labute approximate surface area is 174 Å². The lowest BCUT2D eigenvalue weighted by Gasteiger charge is -2.34. The molecule has 0 unspecified atom stereocenters. The normalized spacial score (nSPS) is 14.6. The zero-order valence-electron chi connectivity index (χ0n) is 16.2. The molecule has 0 radical (unpaired) electrons. The van der Waals surface area contributed by atoms with Gasteiger partial charge in [0.1, 0.15) is 6.07 Å². The summed E-state index contributed by atoms with van der Waals surface area (Å²) in [6.07, 6.45) is 3.10. The highest BCUT2D eigenvalue weighted by Gasteiger charge is 2.27. The predicted molar refractivity (Wildman–Crippen MR) is 116 cm³/mol. The van der Waals surface area contributed by atoms with Crippen LogP contribution in [0.25, 0.3) is 10.9 Å². The summed E-state index contributed by atoms with van der Waals surface area (Å²) >= 11 is 6.00. The number of aryl methyl sites for hydroxylation is 1. The average molecular weight is 405 g/mol. The van der Waals surface area contributed by atoms with Crippen molar-refractivity contribution in [1.29, 1.82) is 5.26 Å². The number of anilines is 2. The van der Waals surface area contributed by atoms with E-state index < -0.39 is 0 Å². The fraction of sp³-hybridized carbons (Fsp3) is 0.261. The highest BCUT2D eigenvalue weighted by Crippen LogP contribution is 2.33. The molecule has 1 fully saturated rings. The van der Waals surface area contributed by atoms with Crippen LogP contribution in [0.1, 0.15) is 24.0 Å². The summed E-state index contributed by atoms with van der Waals surface area (Å²) in [6, 6.07) is 15.6. The number of benzene rings is 2. The quantitative estimate of drug-likeness (QED) is 0.672. The zero-order chi connectivity index (χ0) is 20.4. The Morgan fingerprint density at radius 1 is 1.24 bits per heavy atom. The summed E-state index contributed by atoms with van der Waals surface area (Å²) in [4.78, 5) is 19.3. The third kappa shape index (κ3) is 4.03. The maximum Gasteiger partial charge on any atom is 0.227 e. The van der Waals surface area contributed by atoms with Gasteiger partial charge < -0.3 is 10.2 Å². The van der Waals surface area contributed by atoms with E-state index in [-0.39, 0.29) is 11.8 Å². The summed E-state index contributed by atoms with van der Waals surface area (Å²) in [5.74, 6) is -0.0477. The molecule has 5 nitrogen and oxygen atoms in total. The van der Waals surface area contributed by atoms with E-state index in [1.807, 2.05) is 31.2 Å². The van der Waals surface area contributed by atoms with Crippen LogP contribution in [-0.2, 0) is 4.79 Å². The molecule has 1 saturated heterocycles. The summed E-state index contributed by atoms with van der Waals surface area (Å²) in [7, 11) is 0. The van der Waals surface area contributed by atoms with Crippen LogP contribution in [0.15, 0.2) is 48.7 Å². The molecular weight excluding hydrogens is 384 g/mol. The van der Waals surface area contributed by atoms with Crippen molar-refractivity contribution in [1.82, 2.24) is 4.98 Å². The average Bonchev–Trinajstić information content (AvgIpc) is 2.73. The second-order valence-electron chi connectivity index (χ2n) is 7.41. The minimum atomic E-state index is -0.0643. The third-order valence-electron chi connectivity index (χ3n) is 5.39. The van der Waals surface area contributed by atoms with Gasteiger partial charge in [-0.25, -0.2) is 0 Å². The number of fused-ring (bicyclic) bond motifs is 1. The summed E-state index contributed by atoms with van der Waals surface area (Å²) < 4.78 is 0. The Hall–Kier alpha value is -3.10. The van der Waals surface area contributed by atoms with Crippen LogP contribution in [0.4, 0.5) is 11.4 Å². The summed E-state index contributed by atoms with van der Waals surface area (Å²) in [5.41, 5.74) is 4.23. The highest BCUT2D eigenvalue weighted by molar-refractivity contribution is 6.30. The van der Waals surface area contributed by atoms with Gasteiger partial charge in [0, 0.05) is 41.3 Å². The molecule has 0 spiro atoms. The summed E-state index contributed by atoms with van der Waals surface area (Å²) in [5, 5.41) is 14.2. The predicted octanol–water partition coefficient (Wildman–Crippen LogP) is 4.92. The molecule has 1 aromatic heterocycles. The fourth-order valence-electron chi connectivity index (χ4n) is 3.89. The monoisotopic (exact) mass is 404 g/mol. The number of amides is 1. The van der Waals surface area contributed by atoms with Crippen LogP contribution < -0.4 is 10.2 Å². The Morgan fingerprint density at radius 2 is 2.03 bits per heavy atom. The second kappa shape index (κ2) is 8.10. The highest BCUT2D eigenvalue weighted by atomic mass is 35.5. The van der Waals surface area contributed by atoms with Gasteiger partial charge in [0.2, 0.25) is 5.91 Å². The number of nitriles is 1. The van der Waals surface area contributed by atoms with Crippen LogP contribution in [0.3, 0.4) is 0 Å². The van der Waals surface area contributed by atoms with Crippen LogP contribution >= 0.6 is 11.6 Å². The lowest BCUT2D eigenvalue weighted by atomic mass is 9.94. The molecule has 3 aromatic rings. The van der Waals surface area contributed by atoms with Gasteiger partial charge in [-0.05, 0) is 50.1 Å². The van der Waals surface area contributed by atoms with E-state index in [9.17, 15) is 10.1 Å². The van der Waals surface area contributed by atoms with Gasteiger partial charge in [0.15, 0.2) is 0 Å². The van der Waals surface area contributed by atoms with Gasteiger partial charge in [-0.3, -0.25) is 9.78 Å². The van der Waals surface area contributed by atoms with Crippen molar-refractivity contribution in [3.8, 4) is 6.07 Å². The van der Waals surface area contributed by atoms with Crippen molar-refractivity contribution in [2.24, 2.45) is 5.92 Å². The van der Waals surface area contributed by atoms with Crippen LogP contribution in [0, 0.1) is 24.2 Å². The Balaban J connectivity index is 1.52. The maximum atomic E-state index is 12.7. The molecule has 2 heterocycles. The molecule has 4 rings (SSSR count). The molecule has 0 atom stereocenters. The van der Waals surface area contributed by atoms with Crippen LogP contribution in [0.2, 0.25) is 5.02 Å². The van der Waals surface area contributed by atoms with E-state index in [1.165, 1.54) is 0 Å². The SMILES string of the molecule is Cc1ccc2ncc(C#N)c(N3CCC(C(=O)Nc4cccc(Cl)c4)CC3)c2c1. The van der Waals surface area contributed by atoms with E-state index in [4.69, 9.17) is 11.6 Å². The second-order valence-corrected chi connectivity index (χ2v) is 7.85. The minimum absolute atomic E-state index is 0.0165. The standard InChI is InChI=1S/C23H21ClN4O/c1-15-5-6-21-20(11-15)22(17(13-25)14-26-21)28-9-7-16(8-10-28)23(29)27-19-4-2-3-18(24)12-19/h2-6,11-12,14,16H,7-10H2,1H3,(H,27,29). The smallest absolute Gasteiger partial charge is 0.227 e. The van der Waals surface area contributed by atoms with Crippen molar-refractivity contribution < 1.29 is 4.79 Å². The molecule has 1 N–H and O–H groups in total. The van der Waals surface area contributed by atoms with Crippen molar-refractivity contribution in [3.05, 3.63) is 64.8 Å². The fourth-order valence-corrected chi connectivity index (χ4v) is 4.08. The number of nitrogens with zero attached hydrogens (tertiary/aromatic N) is 3. The largest absolute Gasteiger partial charge is 0.370 e. The van der Waals surface area contributed by atoms with Crippen molar-refractivity contribution >= 4 is 39.8 Å². The zero-order valence-corrected chi connectivity index (χ0v) is 16.9. The minimum Gasteiger partial charge on any atom is -0.370 e. The van der Waals surface area contributed by atoms with Gasteiger partial charge >= 0.3 is 0 Å². The molecule has 0 aliphatic carbocycles. The first-order chi connectivity index (χ1) is 14.0. The number of piperidine rings is 1. The van der Waals surface area contributed by atoms with Crippen molar-refractivity contribution in [2.45, 2.75) is 19.8 Å². The molecular formula is C23H21ClN4O. The molecule has 29 heavy (non-hydrogen) atoms. The third-order valence-corrected chi connectivity index (χ3v) is 5.62. The van der Waals surface area contributed by atoms with Gasteiger partial charge in [-0.2, -0.15) is 5.26 Å². The molecule has 1 aliphatic heterocycles. The van der Waals surface area contributed by atoms with E-state index in [2.05, 4.69) is 27.3 Å². The molecule has 0 saturated carbocycles. The first kappa shape index (κ1) is 19.2. The lowest BCUT2D eigenvalue weighted by molar-refractivity contribution is -0.120. The number of hydrogen-bond acceptors (Lipinski definition) is 4. The van der Waals surface area contributed by atoms with Gasteiger partial charge in [0.05, 0.1) is 16.8 Å². The number of pyridine rings is 1. The Morgan fingerprint density at radius 3 is 2.76 bits per heavy atom. The Bertz CT molecular complexity index is 1110. The van der Waals surface area contributed by atoms with Crippen LogP contribution in [0.5, 0.6) is 0 Å². The number of halogens is 1. The number of nitrogens with one attached hydrogen (secondary N) is 1. The van der Waals surface area contributed by atoms with Crippen molar-refractivity contribution in [2.75, 3.05) is 23.3 Å². The Kier molecular flexibility index (Phi) is 5.37. The van der Waals surface area contributed by atoms with E-state index in [0.717, 1.165) is 48.1 Å². The van der Waals surface area contributed by atoms with E-state index in [1.54, 1.807) is 18.3 Å². The maximum absolute atomic E-state index is 12.7. The molecule has 2 aromatic carbocycles. The van der Waals surface area contributed by atoms with Crippen molar-refractivity contribution in [3.63, 3.8) is 0 Å². The molecule has 6 heteroatoms. The number of carbonyl (C=O) groups excluding carboxylic acids is 1. The topological polar surface area (TPSA) is 69.0 Å². The summed E-state index contributed by atoms with van der Waals surface area (Å²) in [6.45, 7) is 3.47. The molecule has 1 aliphatic rings. The van der Waals surface area contributed by atoms with Gasteiger partial charge in [-0.1, -0.05) is 29.3 Å². The lowest BCUT2D eigenvalue weighted by Crippen LogP contribution is -2.38. The number of hydrogen-bond donors (Lipinski definition) is 1. The first-order valence-electron chi connectivity index (χ1n) is 9.66. The van der Waals surface area contributed by atoms with Crippen LogP contribution in [-0.4, -0.2) is 24.0 Å². The first-order valence-corrected chi connectivity index (χ1v) is 10.0. The number of rotatable bonds is 3. The molecule has 0 bridgehead atoms. The van der Waals surface area contributed by atoms with E-state index >= 15 is 0 Å². The van der Waals surface area contributed by atoms with Gasteiger partial charge in [0.25, 0.3) is 0 Å². The molecule has 146 valence electrons. The van der Waals surface area contributed by atoms with E-state index in [0.29, 0.717) is 16.3 Å². The van der Waals surface area contributed by atoms with Gasteiger partial charge in [-0.15, -0.1) is 0 Å².